The lowest BCUT2D eigenvalue weighted by atomic mass is 9.61. The molecule has 22 heavy (non-hydrogen) atoms. The Bertz CT molecular complexity index is 504. The zero-order valence-electron chi connectivity index (χ0n) is 14.0. The molecule has 122 valence electrons. The highest BCUT2D eigenvalue weighted by atomic mass is 79.9. The molecule has 0 aliphatic heterocycles. The molecule has 4 atom stereocenters. The van der Waals surface area contributed by atoms with E-state index in [4.69, 9.17) is 0 Å². The van der Waals surface area contributed by atoms with Gasteiger partial charge in [-0.1, -0.05) is 40.9 Å². The molecule has 2 fully saturated rings. The Balaban J connectivity index is 1.73. The summed E-state index contributed by atoms with van der Waals surface area (Å²) >= 11 is 3.61. The van der Waals surface area contributed by atoms with Gasteiger partial charge in [-0.25, -0.2) is 0 Å². The fraction of sp³-hybridized carbons (Fsp3) is 0.750. The molecular formula is C20H29BrO. The molecule has 0 spiro atoms. The summed E-state index contributed by atoms with van der Waals surface area (Å²) < 4.78 is 0. The van der Waals surface area contributed by atoms with Crippen molar-refractivity contribution in [3.63, 3.8) is 0 Å². The summed E-state index contributed by atoms with van der Waals surface area (Å²) in [5.41, 5.74) is 3.55. The molecule has 3 aliphatic carbocycles. The SMILES string of the molecule is C[C@H](CC1=CC(=O)CCC1)[C@H]1CCC2/C(=C/Br)CCC[C@@]21C. The van der Waals surface area contributed by atoms with Crippen molar-refractivity contribution in [2.24, 2.45) is 23.2 Å². The molecule has 0 aromatic carbocycles. The van der Waals surface area contributed by atoms with Gasteiger partial charge in [0.15, 0.2) is 5.78 Å². The van der Waals surface area contributed by atoms with Gasteiger partial charge in [-0.3, -0.25) is 4.79 Å². The monoisotopic (exact) mass is 364 g/mol. The van der Waals surface area contributed by atoms with E-state index in [1.165, 1.54) is 37.7 Å². The topological polar surface area (TPSA) is 17.1 Å². The summed E-state index contributed by atoms with van der Waals surface area (Å²) in [6, 6.07) is 0. The van der Waals surface area contributed by atoms with Gasteiger partial charge in [0.05, 0.1) is 0 Å². The average Bonchev–Trinajstić information content (AvgIpc) is 2.84. The summed E-state index contributed by atoms with van der Waals surface area (Å²) in [5, 5.41) is 0. The number of carbonyl (C=O) groups is 1. The van der Waals surface area contributed by atoms with Gasteiger partial charge in [0.2, 0.25) is 0 Å². The first-order valence-corrected chi connectivity index (χ1v) is 9.97. The van der Waals surface area contributed by atoms with E-state index in [9.17, 15) is 4.79 Å². The highest BCUT2D eigenvalue weighted by Crippen LogP contribution is 2.60. The molecule has 3 rings (SSSR count). The van der Waals surface area contributed by atoms with Gasteiger partial charge in [0.1, 0.15) is 0 Å². The number of carbonyl (C=O) groups excluding carboxylic acids is 1. The third-order valence-corrected chi connectivity index (χ3v) is 7.32. The van der Waals surface area contributed by atoms with Gasteiger partial charge in [0, 0.05) is 6.42 Å². The van der Waals surface area contributed by atoms with E-state index in [1.54, 1.807) is 5.57 Å². The van der Waals surface area contributed by atoms with Crippen LogP contribution in [0.5, 0.6) is 0 Å². The maximum Gasteiger partial charge on any atom is 0.155 e. The highest BCUT2D eigenvalue weighted by Gasteiger charge is 2.50. The smallest absolute Gasteiger partial charge is 0.155 e. The van der Waals surface area contributed by atoms with Crippen LogP contribution < -0.4 is 0 Å². The number of allylic oxidation sites excluding steroid dienone is 3. The van der Waals surface area contributed by atoms with E-state index >= 15 is 0 Å². The number of ketones is 1. The fourth-order valence-electron chi connectivity index (χ4n) is 5.72. The molecule has 0 heterocycles. The maximum atomic E-state index is 11.7. The number of fused-ring (bicyclic) bond motifs is 1. The van der Waals surface area contributed by atoms with E-state index in [1.807, 2.05) is 6.08 Å². The van der Waals surface area contributed by atoms with Crippen molar-refractivity contribution in [2.75, 3.05) is 0 Å². The minimum atomic E-state index is 0.353. The number of hydrogen-bond acceptors (Lipinski definition) is 1. The van der Waals surface area contributed by atoms with Crippen LogP contribution in [0.4, 0.5) is 0 Å². The second kappa shape index (κ2) is 6.63. The molecule has 2 heteroatoms. The van der Waals surface area contributed by atoms with Crippen LogP contribution in [-0.2, 0) is 4.79 Å². The zero-order chi connectivity index (χ0) is 15.7. The van der Waals surface area contributed by atoms with Gasteiger partial charge >= 0.3 is 0 Å². The third kappa shape index (κ3) is 3.00. The second-order valence-electron chi connectivity index (χ2n) is 8.08. The number of rotatable bonds is 3. The van der Waals surface area contributed by atoms with Gasteiger partial charge in [0.25, 0.3) is 0 Å². The molecule has 0 amide bonds. The molecule has 0 saturated heterocycles. The Kier molecular flexibility index (Phi) is 4.97. The summed E-state index contributed by atoms with van der Waals surface area (Å²) in [7, 11) is 0. The van der Waals surface area contributed by atoms with Crippen molar-refractivity contribution in [3.8, 4) is 0 Å². The minimum Gasteiger partial charge on any atom is -0.295 e. The molecule has 0 bridgehead atoms. The van der Waals surface area contributed by atoms with Crippen molar-refractivity contribution >= 4 is 21.7 Å². The molecule has 1 unspecified atom stereocenters. The first-order chi connectivity index (χ1) is 10.5. The molecule has 1 nitrogen and oxygen atoms in total. The molecular weight excluding hydrogens is 336 g/mol. The molecule has 0 N–H and O–H groups in total. The second-order valence-corrected chi connectivity index (χ2v) is 8.54. The lowest BCUT2D eigenvalue weighted by Gasteiger charge is -2.44. The van der Waals surface area contributed by atoms with E-state index < -0.39 is 0 Å². The van der Waals surface area contributed by atoms with E-state index in [-0.39, 0.29) is 0 Å². The number of halogens is 1. The lowest BCUT2D eigenvalue weighted by Crippen LogP contribution is -2.36. The third-order valence-electron chi connectivity index (χ3n) is 6.74. The standard InChI is InChI=1S/C20H29BrO/c1-14(11-15-5-3-7-17(22)12-15)18-8-9-19-16(13-21)6-4-10-20(18,19)2/h12-14,18-19H,3-11H2,1-2H3/b16-13+/t14-,18-,19?,20-/m1/s1. The number of hydrogen-bond donors (Lipinski definition) is 0. The van der Waals surface area contributed by atoms with Gasteiger partial charge in [-0.05, 0) is 85.6 Å². The predicted molar refractivity (Wildman–Crippen MR) is 95.9 cm³/mol. The van der Waals surface area contributed by atoms with Crippen molar-refractivity contribution in [2.45, 2.75) is 71.6 Å². The normalized spacial score (nSPS) is 38.8. The van der Waals surface area contributed by atoms with Crippen molar-refractivity contribution in [1.29, 1.82) is 0 Å². The largest absolute Gasteiger partial charge is 0.295 e. The Morgan fingerprint density at radius 1 is 1.32 bits per heavy atom. The van der Waals surface area contributed by atoms with Crippen LogP contribution in [0.25, 0.3) is 0 Å². The molecule has 0 aromatic rings. The predicted octanol–water partition coefficient (Wildman–Crippen LogP) is 6.19. The van der Waals surface area contributed by atoms with Gasteiger partial charge < -0.3 is 0 Å². The Labute approximate surface area is 143 Å². The van der Waals surface area contributed by atoms with Gasteiger partial charge in [-0.2, -0.15) is 0 Å². The van der Waals surface area contributed by atoms with Gasteiger partial charge in [-0.15, -0.1) is 0 Å². The highest BCUT2D eigenvalue weighted by molar-refractivity contribution is 9.11. The zero-order valence-corrected chi connectivity index (χ0v) is 15.6. The molecule has 2 saturated carbocycles. The Morgan fingerprint density at radius 2 is 2.14 bits per heavy atom. The summed E-state index contributed by atoms with van der Waals surface area (Å²) in [6.07, 6.45) is 12.8. The van der Waals surface area contributed by atoms with Crippen LogP contribution in [0.2, 0.25) is 0 Å². The summed E-state index contributed by atoms with van der Waals surface area (Å²) in [6.45, 7) is 4.98. The molecule has 3 aliphatic rings. The van der Waals surface area contributed by atoms with E-state index in [0.717, 1.165) is 37.5 Å². The van der Waals surface area contributed by atoms with Crippen molar-refractivity contribution in [1.82, 2.24) is 0 Å². The van der Waals surface area contributed by atoms with Crippen molar-refractivity contribution < 1.29 is 4.79 Å². The average molecular weight is 365 g/mol. The van der Waals surface area contributed by atoms with Crippen LogP contribution in [0.1, 0.15) is 71.6 Å². The van der Waals surface area contributed by atoms with E-state index in [0.29, 0.717) is 17.1 Å². The van der Waals surface area contributed by atoms with Crippen LogP contribution >= 0.6 is 15.9 Å². The fourth-order valence-corrected chi connectivity index (χ4v) is 6.27. The van der Waals surface area contributed by atoms with Crippen molar-refractivity contribution in [3.05, 3.63) is 22.2 Å². The Morgan fingerprint density at radius 3 is 2.86 bits per heavy atom. The minimum absolute atomic E-state index is 0.353. The summed E-state index contributed by atoms with van der Waals surface area (Å²) in [4.78, 5) is 13.9. The first kappa shape index (κ1) is 16.5. The molecule has 0 aromatic heterocycles. The Hall–Kier alpha value is -0.370. The summed E-state index contributed by atoms with van der Waals surface area (Å²) in [5.74, 6) is 2.67. The maximum absolute atomic E-state index is 11.7. The van der Waals surface area contributed by atoms with Crippen LogP contribution in [-0.4, -0.2) is 5.78 Å². The van der Waals surface area contributed by atoms with Crippen LogP contribution in [0, 0.1) is 23.2 Å². The van der Waals surface area contributed by atoms with Crippen LogP contribution in [0.15, 0.2) is 22.2 Å². The van der Waals surface area contributed by atoms with Crippen LogP contribution in [0.3, 0.4) is 0 Å². The quantitative estimate of drug-likeness (QED) is 0.583. The lowest BCUT2D eigenvalue weighted by molar-refractivity contribution is -0.115. The molecule has 0 radical (unpaired) electrons. The first-order valence-electron chi connectivity index (χ1n) is 9.06. The van der Waals surface area contributed by atoms with E-state index in [2.05, 4.69) is 34.8 Å².